The largest absolute Gasteiger partial charge is 0.493 e. The number of hydrogen-bond acceptors (Lipinski definition) is 9. The van der Waals surface area contributed by atoms with Crippen molar-refractivity contribution in [3.63, 3.8) is 0 Å². The number of nitrogens with zero attached hydrogens (tertiary/aromatic N) is 4. The number of pyridine rings is 1. The van der Waals surface area contributed by atoms with Crippen molar-refractivity contribution in [3.05, 3.63) is 90.0 Å². The molecule has 3 amide bonds. The van der Waals surface area contributed by atoms with Crippen LogP contribution < -0.4 is 24.8 Å². The number of benzene rings is 2. The predicted molar refractivity (Wildman–Crippen MR) is 164 cm³/mol. The second-order valence-electron chi connectivity index (χ2n) is 10.6. The van der Waals surface area contributed by atoms with E-state index < -0.39 is 0 Å². The molecule has 1 unspecified atom stereocenters. The van der Waals surface area contributed by atoms with E-state index in [2.05, 4.69) is 25.6 Å². The molecule has 2 aromatic carbocycles. The summed E-state index contributed by atoms with van der Waals surface area (Å²) in [6, 6.07) is 14.9. The molecular formula is C33H32N6O6. The minimum absolute atomic E-state index is 0.0945. The molecule has 6 bridgehead atoms. The van der Waals surface area contributed by atoms with Gasteiger partial charge in [-0.3, -0.25) is 19.4 Å². The molecule has 1 atom stereocenters. The lowest BCUT2D eigenvalue weighted by Crippen LogP contribution is -2.42. The van der Waals surface area contributed by atoms with Crippen LogP contribution in [0.4, 0.5) is 5.69 Å². The fourth-order valence-corrected chi connectivity index (χ4v) is 5.40. The summed E-state index contributed by atoms with van der Waals surface area (Å²) in [6.07, 6.45) is 6.92. The maximum Gasteiger partial charge on any atom is 0.257 e. The Morgan fingerprint density at radius 2 is 1.87 bits per heavy atom. The SMILES string of the molecule is COc1ccc2cc1OCCCN(C(=O)c1cnc(-c3cccnc3)nc1)CC(=O)NCCOc1ccc3c(c1)NC(=O)CC23. The van der Waals surface area contributed by atoms with Crippen molar-refractivity contribution in [2.75, 3.05) is 45.3 Å². The highest BCUT2D eigenvalue weighted by Crippen LogP contribution is 2.41. The molecule has 3 aliphatic rings. The number of hydrogen-bond donors (Lipinski definition) is 2. The van der Waals surface area contributed by atoms with Crippen molar-refractivity contribution in [2.24, 2.45) is 0 Å². The molecule has 45 heavy (non-hydrogen) atoms. The lowest BCUT2D eigenvalue weighted by molar-refractivity contribution is -0.122. The summed E-state index contributed by atoms with van der Waals surface area (Å²) in [5.74, 6) is 1.08. The van der Waals surface area contributed by atoms with Crippen LogP contribution in [0.15, 0.2) is 73.3 Å². The Morgan fingerprint density at radius 1 is 1.00 bits per heavy atom. The maximum atomic E-state index is 13.5. The Morgan fingerprint density at radius 3 is 2.67 bits per heavy atom. The van der Waals surface area contributed by atoms with Crippen LogP contribution >= 0.6 is 0 Å². The molecule has 4 aromatic rings. The minimum atomic E-state index is -0.379. The molecule has 0 fully saturated rings. The van der Waals surface area contributed by atoms with E-state index >= 15 is 0 Å². The summed E-state index contributed by atoms with van der Waals surface area (Å²) in [5, 5.41) is 5.76. The van der Waals surface area contributed by atoms with Crippen LogP contribution in [0.2, 0.25) is 0 Å². The Labute approximate surface area is 259 Å². The normalized spacial score (nSPS) is 17.0. The Bertz CT molecular complexity index is 1700. The smallest absolute Gasteiger partial charge is 0.257 e. The van der Waals surface area contributed by atoms with E-state index in [-0.39, 0.29) is 68.5 Å². The second kappa shape index (κ2) is 13.4. The van der Waals surface area contributed by atoms with Crippen LogP contribution in [0.25, 0.3) is 11.4 Å². The van der Waals surface area contributed by atoms with Gasteiger partial charge in [-0.1, -0.05) is 12.1 Å². The zero-order valence-electron chi connectivity index (χ0n) is 24.7. The maximum absolute atomic E-state index is 13.5. The third-order valence-electron chi connectivity index (χ3n) is 7.62. The first kappa shape index (κ1) is 29.5. The van der Waals surface area contributed by atoms with Gasteiger partial charge in [0.2, 0.25) is 11.8 Å². The molecule has 12 nitrogen and oxygen atoms in total. The number of amides is 3. The molecule has 0 spiro atoms. The molecule has 0 saturated heterocycles. The van der Waals surface area contributed by atoms with Gasteiger partial charge in [-0.05, 0) is 47.9 Å². The van der Waals surface area contributed by atoms with Gasteiger partial charge in [0.05, 0.1) is 32.4 Å². The van der Waals surface area contributed by atoms with E-state index in [4.69, 9.17) is 14.2 Å². The Hall–Kier alpha value is -5.52. The van der Waals surface area contributed by atoms with Crippen molar-refractivity contribution in [1.29, 1.82) is 0 Å². The van der Waals surface area contributed by atoms with Crippen molar-refractivity contribution < 1.29 is 28.6 Å². The monoisotopic (exact) mass is 608 g/mol. The van der Waals surface area contributed by atoms with Crippen LogP contribution in [-0.4, -0.2) is 77.5 Å². The molecule has 3 aliphatic heterocycles. The van der Waals surface area contributed by atoms with Crippen molar-refractivity contribution in [2.45, 2.75) is 18.8 Å². The molecule has 2 N–H and O–H groups in total. The molecule has 5 heterocycles. The summed E-state index contributed by atoms with van der Waals surface area (Å²) < 4.78 is 17.6. The summed E-state index contributed by atoms with van der Waals surface area (Å²) in [4.78, 5) is 53.3. The molecular weight excluding hydrogens is 576 g/mol. The highest BCUT2D eigenvalue weighted by atomic mass is 16.5. The summed E-state index contributed by atoms with van der Waals surface area (Å²) in [6.45, 7) is 0.750. The number of nitrogens with one attached hydrogen (secondary N) is 2. The lowest BCUT2D eigenvalue weighted by atomic mass is 9.84. The van der Waals surface area contributed by atoms with Gasteiger partial charge in [0.15, 0.2) is 17.3 Å². The quantitative estimate of drug-likeness (QED) is 0.334. The number of carbonyl (C=O) groups excluding carboxylic acids is 3. The van der Waals surface area contributed by atoms with Crippen LogP contribution in [0.3, 0.4) is 0 Å². The molecule has 12 heteroatoms. The number of rotatable bonds is 3. The molecule has 2 aromatic heterocycles. The Balaban J connectivity index is 1.24. The number of ether oxygens (including phenoxy) is 3. The van der Waals surface area contributed by atoms with E-state index in [1.165, 1.54) is 17.3 Å². The highest BCUT2D eigenvalue weighted by molar-refractivity contribution is 5.96. The van der Waals surface area contributed by atoms with E-state index in [1.807, 2.05) is 36.4 Å². The van der Waals surface area contributed by atoms with Crippen LogP contribution in [0.5, 0.6) is 17.2 Å². The first-order chi connectivity index (χ1) is 22.0. The van der Waals surface area contributed by atoms with E-state index in [0.717, 1.165) is 16.7 Å². The fourth-order valence-electron chi connectivity index (χ4n) is 5.40. The molecule has 230 valence electrons. The molecule has 0 aliphatic carbocycles. The average molecular weight is 609 g/mol. The number of fused-ring (bicyclic) bond motifs is 11. The lowest BCUT2D eigenvalue weighted by Gasteiger charge is -2.27. The third kappa shape index (κ3) is 6.85. The van der Waals surface area contributed by atoms with E-state index in [9.17, 15) is 14.4 Å². The van der Waals surface area contributed by atoms with Gasteiger partial charge in [-0.15, -0.1) is 0 Å². The van der Waals surface area contributed by atoms with Crippen LogP contribution in [-0.2, 0) is 9.59 Å². The minimum Gasteiger partial charge on any atom is -0.493 e. The van der Waals surface area contributed by atoms with Crippen LogP contribution in [0.1, 0.15) is 40.2 Å². The van der Waals surface area contributed by atoms with Gasteiger partial charge in [-0.25, -0.2) is 9.97 Å². The summed E-state index contributed by atoms with van der Waals surface area (Å²) >= 11 is 0. The van der Waals surface area contributed by atoms with Crippen molar-refractivity contribution >= 4 is 23.4 Å². The van der Waals surface area contributed by atoms with Gasteiger partial charge >= 0.3 is 0 Å². The van der Waals surface area contributed by atoms with E-state index in [0.29, 0.717) is 35.2 Å². The molecule has 0 saturated carbocycles. The Kier molecular flexibility index (Phi) is 8.81. The molecule has 0 radical (unpaired) electrons. The van der Waals surface area contributed by atoms with Gasteiger partial charge in [-0.2, -0.15) is 0 Å². The van der Waals surface area contributed by atoms with Gasteiger partial charge in [0.1, 0.15) is 12.4 Å². The first-order valence-electron chi connectivity index (χ1n) is 14.6. The third-order valence-corrected chi connectivity index (χ3v) is 7.62. The number of methoxy groups -OCH3 is 1. The summed E-state index contributed by atoms with van der Waals surface area (Å²) in [5.41, 5.74) is 3.54. The molecule has 7 rings (SSSR count). The van der Waals surface area contributed by atoms with Gasteiger partial charge in [0.25, 0.3) is 5.91 Å². The van der Waals surface area contributed by atoms with Gasteiger partial charge in [0, 0.05) is 61.0 Å². The fraction of sp³-hybridized carbons (Fsp3) is 0.273. The van der Waals surface area contributed by atoms with Crippen molar-refractivity contribution in [3.8, 4) is 28.6 Å². The van der Waals surface area contributed by atoms with Gasteiger partial charge < -0.3 is 29.7 Å². The standard InChI is InChI=1S/C33H32N6O6/c1-43-28-8-5-21-14-29(28)45-12-3-11-39(33(42)23-18-36-32(37-19-23)22-4-2-9-34-17-22)20-31(41)35-10-13-44-24-6-7-25-26(21)16-30(40)38-27(25)15-24/h2,4-9,14-15,17-19,26H,3,10-13,16,20H2,1H3,(H,35,41)(H,38,40). The predicted octanol–water partition coefficient (Wildman–Crippen LogP) is 3.44. The number of carbonyl (C=O) groups is 3. The van der Waals surface area contributed by atoms with E-state index in [1.54, 1.807) is 31.6 Å². The zero-order valence-corrected chi connectivity index (χ0v) is 24.7. The van der Waals surface area contributed by atoms with Crippen LogP contribution in [0, 0.1) is 0 Å². The van der Waals surface area contributed by atoms with Crippen molar-refractivity contribution in [1.82, 2.24) is 25.2 Å². The number of anilines is 1. The zero-order chi connectivity index (χ0) is 31.2. The first-order valence-corrected chi connectivity index (χ1v) is 14.6. The number of aromatic nitrogens is 3. The topological polar surface area (TPSA) is 145 Å². The highest BCUT2D eigenvalue weighted by Gasteiger charge is 2.28. The summed E-state index contributed by atoms with van der Waals surface area (Å²) in [7, 11) is 1.56. The average Bonchev–Trinajstić information content (AvgIpc) is 3.07. The second-order valence-corrected chi connectivity index (χ2v) is 10.6.